The Morgan fingerprint density at radius 2 is 1.45 bits per heavy atom. The van der Waals surface area contributed by atoms with Gasteiger partial charge in [0.05, 0.1) is 6.42 Å². The standard InChI is InChI=1S/C17H11F2NO2/c18-14-6-1-12(2-7-14)5-10-16(21)20-17(22)11-13-3-8-15(19)9-4-13/h1-4,6-9H,11H2,(H,20,21,22). The van der Waals surface area contributed by atoms with Gasteiger partial charge < -0.3 is 0 Å². The number of imide groups is 1. The number of halogens is 2. The van der Waals surface area contributed by atoms with Crippen molar-refractivity contribution in [1.29, 1.82) is 0 Å². The maximum atomic E-state index is 12.7. The van der Waals surface area contributed by atoms with Crippen LogP contribution in [0.5, 0.6) is 0 Å². The van der Waals surface area contributed by atoms with Crippen LogP contribution in [0.4, 0.5) is 8.78 Å². The maximum Gasteiger partial charge on any atom is 0.302 e. The zero-order valence-corrected chi connectivity index (χ0v) is 11.4. The molecule has 22 heavy (non-hydrogen) atoms. The van der Waals surface area contributed by atoms with Crippen molar-refractivity contribution in [3.05, 3.63) is 71.3 Å². The SMILES string of the molecule is O=C(C#Cc1ccc(F)cc1)NC(=O)Cc1ccc(F)cc1. The second-order valence-electron chi connectivity index (χ2n) is 4.44. The van der Waals surface area contributed by atoms with Crippen LogP contribution in [-0.2, 0) is 16.0 Å². The third kappa shape index (κ3) is 4.84. The predicted octanol–water partition coefficient (Wildman–Crippen LogP) is 2.20. The first-order valence-corrected chi connectivity index (χ1v) is 6.39. The van der Waals surface area contributed by atoms with Crippen LogP contribution in [0.2, 0.25) is 0 Å². The Hall–Kier alpha value is -3.00. The molecule has 5 heteroatoms. The molecule has 0 fully saturated rings. The summed E-state index contributed by atoms with van der Waals surface area (Å²) in [5, 5.41) is 2.11. The molecule has 0 unspecified atom stereocenters. The van der Waals surface area contributed by atoms with E-state index in [2.05, 4.69) is 17.2 Å². The lowest BCUT2D eigenvalue weighted by Crippen LogP contribution is -2.30. The smallest absolute Gasteiger partial charge is 0.285 e. The van der Waals surface area contributed by atoms with Crippen LogP contribution in [-0.4, -0.2) is 11.8 Å². The lowest BCUT2D eigenvalue weighted by Gasteiger charge is -2.00. The first-order valence-electron chi connectivity index (χ1n) is 6.39. The molecule has 0 saturated heterocycles. The van der Waals surface area contributed by atoms with Crippen molar-refractivity contribution in [3.8, 4) is 11.8 Å². The lowest BCUT2D eigenvalue weighted by atomic mass is 10.1. The molecule has 110 valence electrons. The highest BCUT2D eigenvalue weighted by atomic mass is 19.1. The predicted molar refractivity (Wildman–Crippen MR) is 76.5 cm³/mol. The largest absolute Gasteiger partial charge is 0.302 e. The summed E-state index contributed by atoms with van der Waals surface area (Å²) in [6.07, 6.45) is -0.0513. The van der Waals surface area contributed by atoms with Crippen molar-refractivity contribution >= 4 is 11.8 Å². The summed E-state index contributed by atoms with van der Waals surface area (Å²) in [5.41, 5.74) is 1.04. The zero-order valence-electron chi connectivity index (χ0n) is 11.4. The van der Waals surface area contributed by atoms with Gasteiger partial charge in [0, 0.05) is 11.5 Å². The van der Waals surface area contributed by atoms with E-state index < -0.39 is 23.4 Å². The van der Waals surface area contributed by atoms with E-state index in [1.807, 2.05) is 0 Å². The van der Waals surface area contributed by atoms with E-state index in [1.165, 1.54) is 48.5 Å². The van der Waals surface area contributed by atoms with Gasteiger partial charge in [-0.05, 0) is 42.0 Å². The molecule has 0 atom stereocenters. The number of amides is 2. The lowest BCUT2D eigenvalue weighted by molar-refractivity contribution is -0.127. The normalized spacial score (nSPS) is 9.55. The topological polar surface area (TPSA) is 46.2 Å². The number of carbonyl (C=O) groups is 2. The molecule has 1 N–H and O–H groups in total. The second kappa shape index (κ2) is 7.14. The van der Waals surface area contributed by atoms with Crippen molar-refractivity contribution in [1.82, 2.24) is 5.32 Å². The minimum atomic E-state index is -0.753. The molecular formula is C17H11F2NO2. The highest BCUT2D eigenvalue weighted by molar-refractivity contribution is 6.05. The molecule has 0 aliphatic heterocycles. The van der Waals surface area contributed by atoms with E-state index in [4.69, 9.17) is 0 Å². The minimum absolute atomic E-state index is 0.0513. The Morgan fingerprint density at radius 3 is 2.05 bits per heavy atom. The Balaban J connectivity index is 1.90. The van der Waals surface area contributed by atoms with Gasteiger partial charge in [0.15, 0.2) is 0 Å². The van der Waals surface area contributed by atoms with Crippen molar-refractivity contribution in [3.63, 3.8) is 0 Å². The average molecular weight is 299 g/mol. The van der Waals surface area contributed by atoms with Crippen LogP contribution in [0.25, 0.3) is 0 Å². The summed E-state index contributed by atoms with van der Waals surface area (Å²) >= 11 is 0. The van der Waals surface area contributed by atoms with Crippen LogP contribution in [0.3, 0.4) is 0 Å². The van der Waals surface area contributed by atoms with Crippen LogP contribution >= 0.6 is 0 Å². The van der Waals surface area contributed by atoms with Gasteiger partial charge in [-0.15, -0.1) is 0 Å². The van der Waals surface area contributed by atoms with E-state index in [0.717, 1.165) is 0 Å². The first kappa shape index (κ1) is 15.4. The molecule has 0 spiro atoms. The number of hydrogen-bond acceptors (Lipinski definition) is 2. The van der Waals surface area contributed by atoms with Crippen molar-refractivity contribution in [2.45, 2.75) is 6.42 Å². The van der Waals surface area contributed by atoms with Gasteiger partial charge in [0.25, 0.3) is 0 Å². The molecule has 3 nitrogen and oxygen atoms in total. The number of hydrogen-bond donors (Lipinski definition) is 1. The van der Waals surface area contributed by atoms with Crippen LogP contribution < -0.4 is 5.32 Å². The summed E-state index contributed by atoms with van der Waals surface area (Å²) in [4.78, 5) is 23.1. The summed E-state index contributed by atoms with van der Waals surface area (Å²) < 4.78 is 25.4. The van der Waals surface area contributed by atoms with Gasteiger partial charge in [0.1, 0.15) is 11.6 Å². The molecule has 2 aromatic rings. The first-order chi connectivity index (χ1) is 10.5. The molecule has 2 rings (SSSR count). The van der Waals surface area contributed by atoms with Crippen molar-refractivity contribution in [2.24, 2.45) is 0 Å². The van der Waals surface area contributed by atoms with E-state index in [-0.39, 0.29) is 6.42 Å². The second-order valence-corrected chi connectivity index (χ2v) is 4.44. The third-order valence-corrected chi connectivity index (χ3v) is 2.70. The highest BCUT2D eigenvalue weighted by Crippen LogP contribution is 2.03. The Labute approximate surface area is 126 Å². The van der Waals surface area contributed by atoms with Gasteiger partial charge in [-0.1, -0.05) is 18.1 Å². The van der Waals surface area contributed by atoms with E-state index in [1.54, 1.807) is 0 Å². The van der Waals surface area contributed by atoms with Crippen LogP contribution in [0.15, 0.2) is 48.5 Å². The number of rotatable bonds is 2. The zero-order chi connectivity index (χ0) is 15.9. The number of benzene rings is 2. The third-order valence-electron chi connectivity index (χ3n) is 2.70. The fraction of sp³-hybridized carbons (Fsp3) is 0.0588. The maximum absolute atomic E-state index is 12.7. The highest BCUT2D eigenvalue weighted by Gasteiger charge is 2.06. The van der Waals surface area contributed by atoms with Gasteiger partial charge in [-0.25, -0.2) is 8.78 Å². The molecule has 2 amide bonds. The average Bonchev–Trinajstić information content (AvgIpc) is 2.49. The molecule has 0 radical (unpaired) electrons. The van der Waals surface area contributed by atoms with Gasteiger partial charge >= 0.3 is 5.91 Å². The Morgan fingerprint density at radius 1 is 0.909 bits per heavy atom. The summed E-state index contributed by atoms with van der Waals surface area (Å²) in [5.74, 6) is 2.67. The fourth-order valence-corrected chi connectivity index (χ4v) is 1.65. The van der Waals surface area contributed by atoms with Gasteiger partial charge in [-0.2, -0.15) is 0 Å². The fourth-order valence-electron chi connectivity index (χ4n) is 1.65. The molecule has 2 aromatic carbocycles. The molecule has 0 aromatic heterocycles. The Bertz CT molecular complexity index is 741. The van der Waals surface area contributed by atoms with E-state index >= 15 is 0 Å². The van der Waals surface area contributed by atoms with Gasteiger partial charge in [0.2, 0.25) is 5.91 Å². The monoisotopic (exact) mass is 299 g/mol. The molecule has 0 bridgehead atoms. The molecule has 0 saturated carbocycles. The van der Waals surface area contributed by atoms with E-state index in [0.29, 0.717) is 11.1 Å². The van der Waals surface area contributed by atoms with Crippen molar-refractivity contribution in [2.75, 3.05) is 0 Å². The summed E-state index contributed by atoms with van der Waals surface area (Å²) in [7, 11) is 0. The quantitative estimate of drug-likeness (QED) is 0.864. The summed E-state index contributed by atoms with van der Waals surface area (Å²) in [6, 6.07) is 10.7. The van der Waals surface area contributed by atoms with Gasteiger partial charge in [-0.3, -0.25) is 14.9 Å². The molecule has 0 aliphatic carbocycles. The summed E-state index contributed by atoms with van der Waals surface area (Å²) in [6.45, 7) is 0. The Kier molecular flexibility index (Phi) is 4.99. The molecule has 0 aliphatic rings. The minimum Gasteiger partial charge on any atom is -0.285 e. The molecule has 0 heterocycles. The molecular weight excluding hydrogens is 288 g/mol. The van der Waals surface area contributed by atoms with E-state index in [9.17, 15) is 18.4 Å². The number of carbonyl (C=O) groups excluding carboxylic acids is 2. The van der Waals surface area contributed by atoms with Crippen molar-refractivity contribution < 1.29 is 18.4 Å². The van der Waals surface area contributed by atoms with Crippen LogP contribution in [0, 0.1) is 23.5 Å². The van der Waals surface area contributed by atoms with Crippen LogP contribution in [0.1, 0.15) is 11.1 Å². The number of nitrogens with one attached hydrogen (secondary N) is 1.